The lowest BCUT2D eigenvalue weighted by atomic mass is 9.96. The number of nitrogens with zero attached hydrogens (tertiary/aromatic N) is 2. The Hall–Kier alpha value is -3.32. The molecule has 1 saturated heterocycles. The van der Waals surface area contributed by atoms with E-state index < -0.39 is 15.4 Å². The fourth-order valence-electron chi connectivity index (χ4n) is 4.57. The molecule has 0 saturated carbocycles. The van der Waals surface area contributed by atoms with Gasteiger partial charge < -0.3 is 14.5 Å². The Labute approximate surface area is 214 Å². The van der Waals surface area contributed by atoms with Crippen LogP contribution >= 0.6 is 0 Å². The van der Waals surface area contributed by atoms with Crippen LogP contribution in [0.2, 0.25) is 0 Å². The highest BCUT2D eigenvalue weighted by atomic mass is 32.2. The molecule has 0 radical (unpaired) electrons. The van der Waals surface area contributed by atoms with E-state index in [1.54, 1.807) is 23.1 Å². The normalized spacial score (nSPS) is 16.6. The molecule has 6 nitrogen and oxygen atoms in total. The number of anilines is 1. The number of ether oxygens (including phenoxy) is 1. The first-order valence-electron chi connectivity index (χ1n) is 12.1. The van der Waals surface area contributed by atoms with Crippen LogP contribution in [0.5, 0.6) is 0 Å². The van der Waals surface area contributed by atoms with Crippen molar-refractivity contribution in [3.63, 3.8) is 0 Å². The molecule has 1 aliphatic heterocycles. The standard InChI is InChI=1S/C29H34N2O4S/c1-21-10-6-7-15-26(21)31-17-16-30(28(32)35-29(2,3)4)20-27(31)24-13-8-11-22(18-24)23-12-9-14-25(19-23)36(5,33)34/h6-15,18-19,27H,16-17,20H2,1-5H3. The van der Waals surface area contributed by atoms with Crippen LogP contribution in [0.1, 0.15) is 37.9 Å². The highest BCUT2D eigenvalue weighted by Crippen LogP contribution is 2.35. The van der Waals surface area contributed by atoms with Crippen LogP contribution in [-0.4, -0.2) is 50.9 Å². The van der Waals surface area contributed by atoms with Gasteiger partial charge in [0.2, 0.25) is 0 Å². The molecule has 4 rings (SSSR count). The maximum atomic E-state index is 12.9. The van der Waals surface area contributed by atoms with Crippen LogP contribution in [-0.2, 0) is 14.6 Å². The Kier molecular flexibility index (Phi) is 7.14. The summed E-state index contributed by atoms with van der Waals surface area (Å²) in [6.07, 6.45) is 0.907. The van der Waals surface area contributed by atoms with Crippen molar-refractivity contribution < 1.29 is 17.9 Å². The molecular formula is C29H34N2O4S. The molecule has 0 N–H and O–H groups in total. The van der Waals surface area contributed by atoms with E-state index in [9.17, 15) is 13.2 Å². The zero-order valence-corrected chi connectivity index (χ0v) is 22.4. The molecule has 3 aromatic rings. The third kappa shape index (κ3) is 5.90. The number of sulfone groups is 1. The highest BCUT2D eigenvalue weighted by molar-refractivity contribution is 7.90. The fourth-order valence-corrected chi connectivity index (χ4v) is 5.23. The Morgan fingerprint density at radius 3 is 2.25 bits per heavy atom. The number of rotatable bonds is 4. The van der Waals surface area contributed by atoms with Crippen molar-refractivity contribution in [3.05, 3.63) is 83.9 Å². The van der Waals surface area contributed by atoms with Gasteiger partial charge in [-0.05, 0) is 74.2 Å². The number of hydrogen-bond acceptors (Lipinski definition) is 5. The molecule has 1 fully saturated rings. The minimum Gasteiger partial charge on any atom is -0.444 e. The van der Waals surface area contributed by atoms with Crippen LogP contribution in [0.3, 0.4) is 0 Å². The Bertz CT molecular complexity index is 1360. The van der Waals surface area contributed by atoms with Crippen LogP contribution in [0.25, 0.3) is 11.1 Å². The lowest BCUT2D eigenvalue weighted by Gasteiger charge is -2.43. The molecule has 0 bridgehead atoms. The van der Waals surface area contributed by atoms with Gasteiger partial charge in [0, 0.05) is 31.6 Å². The molecule has 1 unspecified atom stereocenters. The van der Waals surface area contributed by atoms with E-state index in [1.165, 1.54) is 11.8 Å². The third-order valence-corrected chi connectivity index (χ3v) is 7.43. The molecule has 1 amide bonds. The summed E-state index contributed by atoms with van der Waals surface area (Å²) in [5.41, 5.74) is 4.55. The molecule has 1 aliphatic rings. The number of para-hydroxylation sites is 1. The lowest BCUT2D eigenvalue weighted by molar-refractivity contribution is 0.0214. The number of carbonyl (C=O) groups is 1. The van der Waals surface area contributed by atoms with Crippen molar-refractivity contribution >= 4 is 21.6 Å². The first kappa shape index (κ1) is 25.8. The van der Waals surface area contributed by atoms with Crippen LogP contribution in [0.15, 0.2) is 77.7 Å². The summed E-state index contributed by atoms with van der Waals surface area (Å²) in [6.45, 7) is 9.44. The highest BCUT2D eigenvalue weighted by Gasteiger charge is 2.33. The Morgan fingerprint density at radius 1 is 0.917 bits per heavy atom. The van der Waals surface area contributed by atoms with Crippen LogP contribution < -0.4 is 4.90 Å². The summed E-state index contributed by atoms with van der Waals surface area (Å²) in [5, 5.41) is 0. The maximum absolute atomic E-state index is 12.9. The number of piperazine rings is 1. The number of carbonyl (C=O) groups excluding carboxylic acids is 1. The number of benzene rings is 3. The van der Waals surface area contributed by atoms with Gasteiger partial charge in [-0.15, -0.1) is 0 Å². The predicted octanol–water partition coefficient (Wildman–Crippen LogP) is 5.86. The monoisotopic (exact) mass is 506 g/mol. The second kappa shape index (κ2) is 9.97. The van der Waals surface area contributed by atoms with Gasteiger partial charge in [-0.3, -0.25) is 0 Å². The molecule has 190 valence electrons. The molecule has 0 spiro atoms. The molecular weight excluding hydrogens is 472 g/mol. The van der Waals surface area contributed by atoms with E-state index in [4.69, 9.17) is 4.74 Å². The lowest BCUT2D eigenvalue weighted by Crippen LogP contribution is -2.51. The first-order chi connectivity index (χ1) is 16.9. The first-order valence-corrected chi connectivity index (χ1v) is 14.0. The smallest absolute Gasteiger partial charge is 0.410 e. The second-order valence-corrected chi connectivity index (χ2v) is 12.4. The van der Waals surface area contributed by atoms with Crippen molar-refractivity contribution in [1.82, 2.24) is 4.90 Å². The summed E-state index contributed by atoms with van der Waals surface area (Å²) in [6, 6.07) is 23.3. The number of amides is 1. The largest absolute Gasteiger partial charge is 0.444 e. The van der Waals surface area contributed by atoms with E-state index in [-0.39, 0.29) is 12.1 Å². The van der Waals surface area contributed by atoms with E-state index in [2.05, 4.69) is 36.1 Å². The fraction of sp³-hybridized carbons (Fsp3) is 0.345. The van der Waals surface area contributed by atoms with E-state index >= 15 is 0 Å². The van der Waals surface area contributed by atoms with Crippen LogP contribution in [0, 0.1) is 6.92 Å². The van der Waals surface area contributed by atoms with Gasteiger partial charge in [-0.1, -0.05) is 48.5 Å². The summed E-state index contributed by atoms with van der Waals surface area (Å²) >= 11 is 0. The van der Waals surface area contributed by atoms with E-state index in [1.807, 2.05) is 51.1 Å². The van der Waals surface area contributed by atoms with Crippen LogP contribution in [0.4, 0.5) is 10.5 Å². The van der Waals surface area contributed by atoms with Gasteiger partial charge in [-0.2, -0.15) is 0 Å². The zero-order valence-electron chi connectivity index (χ0n) is 21.6. The summed E-state index contributed by atoms with van der Waals surface area (Å²) < 4.78 is 29.9. The quantitative estimate of drug-likeness (QED) is 0.443. The van der Waals surface area contributed by atoms with Gasteiger partial charge in [0.15, 0.2) is 9.84 Å². The molecule has 36 heavy (non-hydrogen) atoms. The Balaban J connectivity index is 1.73. The molecule has 1 atom stereocenters. The SMILES string of the molecule is Cc1ccccc1N1CCN(C(=O)OC(C)(C)C)CC1c1cccc(-c2cccc(S(C)(=O)=O)c2)c1. The average molecular weight is 507 g/mol. The minimum absolute atomic E-state index is 0.0922. The van der Waals surface area contributed by atoms with E-state index in [0.29, 0.717) is 24.5 Å². The van der Waals surface area contributed by atoms with Crippen molar-refractivity contribution in [2.24, 2.45) is 0 Å². The number of aryl methyl sites for hydroxylation is 1. The zero-order chi connectivity index (χ0) is 26.1. The van der Waals surface area contributed by atoms with Gasteiger partial charge in [0.1, 0.15) is 5.60 Å². The van der Waals surface area contributed by atoms with E-state index in [0.717, 1.165) is 22.4 Å². The molecule has 7 heteroatoms. The van der Waals surface area contributed by atoms with Gasteiger partial charge in [-0.25, -0.2) is 13.2 Å². The second-order valence-electron chi connectivity index (χ2n) is 10.3. The van der Waals surface area contributed by atoms with Crippen molar-refractivity contribution in [2.45, 2.75) is 44.2 Å². The molecule has 1 heterocycles. The van der Waals surface area contributed by atoms with Crippen molar-refractivity contribution in [1.29, 1.82) is 0 Å². The third-order valence-electron chi connectivity index (χ3n) is 6.32. The van der Waals surface area contributed by atoms with Crippen molar-refractivity contribution in [3.8, 4) is 11.1 Å². The summed E-state index contributed by atoms with van der Waals surface area (Å²) in [4.78, 5) is 17.4. The summed E-state index contributed by atoms with van der Waals surface area (Å²) in [7, 11) is -3.31. The maximum Gasteiger partial charge on any atom is 0.410 e. The molecule has 0 aromatic heterocycles. The van der Waals surface area contributed by atoms with Gasteiger partial charge in [0.05, 0.1) is 10.9 Å². The number of hydrogen-bond donors (Lipinski definition) is 0. The predicted molar refractivity (Wildman–Crippen MR) is 144 cm³/mol. The topological polar surface area (TPSA) is 66.9 Å². The minimum atomic E-state index is -3.31. The van der Waals surface area contributed by atoms with Crippen molar-refractivity contribution in [2.75, 3.05) is 30.8 Å². The molecule has 0 aliphatic carbocycles. The van der Waals surface area contributed by atoms with Gasteiger partial charge >= 0.3 is 6.09 Å². The summed E-state index contributed by atoms with van der Waals surface area (Å²) in [5.74, 6) is 0. The average Bonchev–Trinajstić information content (AvgIpc) is 2.83. The molecule has 3 aromatic carbocycles. The van der Waals surface area contributed by atoms with Gasteiger partial charge in [0.25, 0.3) is 0 Å². The Morgan fingerprint density at radius 2 is 1.58 bits per heavy atom.